The lowest BCUT2D eigenvalue weighted by Crippen LogP contribution is -2.40. The minimum Gasteiger partial charge on any atom is -0.507 e. The van der Waals surface area contributed by atoms with Crippen molar-refractivity contribution in [3.63, 3.8) is 0 Å². The van der Waals surface area contributed by atoms with Gasteiger partial charge in [0.1, 0.15) is 11.5 Å². The van der Waals surface area contributed by atoms with Crippen molar-refractivity contribution in [2.24, 2.45) is 9.98 Å². The minimum atomic E-state index is -0.755. The summed E-state index contributed by atoms with van der Waals surface area (Å²) in [7, 11) is 0. The average Bonchev–Trinajstić information content (AvgIpc) is 3.09. The Bertz CT molecular complexity index is 1840. The summed E-state index contributed by atoms with van der Waals surface area (Å²) in [5.41, 5.74) is 4.00. The molecular formula is C36H26N4O4S2. The molecule has 0 saturated heterocycles. The van der Waals surface area contributed by atoms with Crippen LogP contribution in [0, 0.1) is 0 Å². The van der Waals surface area contributed by atoms with E-state index >= 15 is 0 Å². The van der Waals surface area contributed by atoms with Gasteiger partial charge < -0.3 is 19.7 Å². The summed E-state index contributed by atoms with van der Waals surface area (Å²) in [5.74, 6) is 0.780. The van der Waals surface area contributed by atoms with Crippen LogP contribution in [0.1, 0.15) is 34.7 Å². The van der Waals surface area contributed by atoms with E-state index in [1.165, 1.54) is 0 Å². The molecule has 8 nitrogen and oxygen atoms in total. The van der Waals surface area contributed by atoms with Crippen molar-refractivity contribution in [1.29, 1.82) is 0 Å². The Morgan fingerprint density at radius 1 is 0.478 bits per heavy atom. The summed E-state index contributed by atoms with van der Waals surface area (Å²) >= 11 is 11.5. The molecule has 0 aliphatic carbocycles. The Morgan fingerprint density at radius 3 is 1.20 bits per heavy atom. The molecule has 2 N–H and O–H groups in total. The maximum atomic E-state index is 10.7. The summed E-state index contributed by atoms with van der Waals surface area (Å²) in [5, 5.41) is 22.1. The van der Waals surface area contributed by atoms with Gasteiger partial charge in [-0.05, 0) is 97.2 Å². The highest BCUT2D eigenvalue weighted by Gasteiger charge is 2.35. The molecule has 0 radical (unpaired) electrons. The number of hydrogen-bond donors (Lipinski definition) is 2. The van der Waals surface area contributed by atoms with E-state index in [0.29, 0.717) is 44.3 Å². The topological polar surface area (TPSA) is 90.1 Å². The smallest absolute Gasteiger partial charge is 0.225 e. The fourth-order valence-corrected chi connectivity index (χ4v) is 5.91. The van der Waals surface area contributed by atoms with E-state index in [4.69, 9.17) is 33.9 Å². The molecule has 226 valence electrons. The summed E-state index contributed by atoms with van der Waals surface area (Å²) in [6.07, 6.45) is -1.51. The maximum absolute atomic E-state index is 10.7. The van der Waals surface area contributed by atoms with E-state index in [-0.39, 0.29) is 11.5 Å². The lowest BCUT2D eigenvalue weighted by Gasteiger charge is -2.37. The molecule has 10 heteroatoms. The number of thiocarbonyl (C=S) groups is 2. The monoisotopic (exact) mass is 642 g/mol. The van der Waals surface area contributed by atoms with Gasteiger partial charge in [-0.3, -0.25) is 9.80 Å². The molecule has 0 amide bonds. The third-order valence-electron chi connectivity index (χ3n) is 7.58. The Labute approximate surface area is 276 Å². The molecule has 0 bridgehead atoms. The summed E-state index contributed by atoms with van der Waals surface area (Å²) in [6, 6.07) is 40.4. The van der Waals surface area contributed by atoms with Crippen LogP contribution in [-0.2, 0) is 9.47 Å². The second kappa shape index (κ2) is 12.4. The molecule has 2 atom stereocenters. The van der Waals surface area contributed by atoms with Crippen LogP contribution in [-0.4, -0.2) is 32.2 Å². The highest BCUT2D eigenvalue weighted by Crippen LogP contribution is 2.38. The van der Waals surface area contributed by atoms with Crippen LogP contribution in [0.3, 0.4) is 0 Å². The number of aromatic hydroxyl groups is 2. The molecule has 2 aliphatic rings. The van der Waals surface area contributed by atoms with Gasteiger partial charge in [-0.25, -0.2) is 0 Å². The maximum Gasteiger partial charge on any atom is 0.225 e. The molecule has 2 aliphatic heterocycles. The highest BCUT2D eigenvalue weighted by atomic mass is 32.1. The van der Waals surface area contributed by atoms with Gasteiger partial charge in [0.2, 0.25) is 34.5 Å². The van der Waals surface area contributed by atoms with Crippen LogP contribution in [0.4, 0.5) is 11.4 Å². The van der Waals surface area contributed by atoms with Gasteiger partial charge in [-0.1, -0.05) is 60.7 Å². The normalized spacial score (nSPS) is 17.9. The van der Waals surface area contributed by atoms with Gasteiger partial charge in [0.05, 0.1) is 11.1 Å². The number of rotatable bonds is 6. The fourth-order valence-electron chi connectivity index (χ4n) is 5.34. The van der Waals surface area contributed by atoms with Gasteiger partial charge in [0, 0.05) is 22.5 Å². The van der Waals surface area contributed by atoms with Crippen LogP contribution in [0.2, 0.25) is 0 Å². The largest absolute Gasteiger partial charge is 0.507 e. The Kier molecular flexibility index (Phi) is 7.88. The molecule has 0 aromatic heterocycles. The van der Waals surface area contributed by atoms with Crippen LogP contribution < -0.4 is 9.80 Å². The van der Waals surface area contributed by atoms with Gasteiger partial charge in [0.15, 0.2) is 0 Å². The first kappa shape index (κ1) is 29.1. The van der Waals surface area contributed by atoms with Crippen molar-refractivity contribution in [3.8, 4) is 11.5 Å². The Balaban J connectivity index is 1.22. The van der Waals surface area contributed by atoms with Crippen LogP contribution >= 0.6 is 24.4 Å². The van der Waals surface area contributed by atoms with Crippen molar-refractivity contribution in [3.05, 3.63) is 156 Å². The molecule has 0 fully saturated rings. The molecule has 0 spiro atoms. The zero-order valence-corrected chi connectivity index (χ0v) is 25.8. The van der Waals surface area contributed by atoms with Crippen LogP contribution in [0.25, 0.3) is 0 Å². The van der Waals surface area contributed by atoms with E-state index in [9.17, 15) is 10.2 Å². The zero-order chi connectivity index (χ0) is 31.6. The Morgan fingerprint density at radius 2 is 0.826 bits per heavy atom. The van der Waals surface area contributed by atoms with E-state index in [1.807, 2.05) is 97.1 Å². The van der Waals surface area contributed by atoms with E-state index < -0.39 is 12.5 Å². The van der Waals surface area contributed by atoms with Gasteiger partial charge >= 0.3 is 0 Å². The van der Waals surface area contributed by atoms with Crippen LogP contribution in [0.15, 0.2) is 143 Å². The van der Waals surface area contributed by atoms with Crippen molar-refractivity contribution < 1.29 is 19.7 Å². The van der Waals surface area contributed by atoms with E-state index in [0.717, 1.165) is 11.4 Å². The van der Waals surface area contributed by atoms with Gasteiger partial charge in [-0.15, -0.1) is 0 Å². The number of para-hydroxylation sites is 4. The molecule has 2 unspecified atom stereocenters. The molecule has 5 aromatic carbocycles. The Hall–Kier alpha value is -5.58. The second-order valence-electron chi connectivity index (χ2n) is 10.4. The zero-order valence-electron chi connectivity index (χ0n) is 24.2. The van der Waals surface area contributed by atoms with E-state index in [2.05, 4.69) is 9.98 Å². The number of phenolic OH excluding ortho intramolecular Hbond substituents is 2. The number of phenols is 2. The lowest BCUT2D eigenvalue weighted by molar-refractivity contribution is 0.191. The molecule has 5 aromatic rings. The first-order valence-electron chi connectivity index (χ1n) is 14.4. The lowest BCUT2D eigenvalue weighted by atomic mass is 10.1. The van der Waals surface area contributed by atoms with E-state index in [1.54, 1.807) is 46.2 Å². The minimum absolute atomic E-state index is 0.0832. The first-order chi connectivity index (χ1) is 22.5. The van der Waals surface area contributed by atoms with Gasteiger partial charge in [-0.2, -0.15) is 9.98 Å². The number of anilines is 2. The fraction of sp³-hybridized carbons (Fsp3) is 0.0556. The molecule has 2 heterocycles. The second-order valence-corrected chi connectivity index (χ2v) is 11.2. The number of hydrogen-bond acceptors (Lipinski definition) is 6. The predicted molar refractivity (Wildman–Crippen MR) is 186 cm³/mol. The van der Waals surface area contributed by atoms with Crippen molar-refractivity contribution >= 4 is 57.8 Å². The number of ether oxygens (including phenoxy) is 2. The summed E-state index contributed by atoms with van der Waals surface area (Å²) in [6.45, 7) is 0. The molecular weight excluding hydrogens is 617 g/mol. The third kappa shape index (κ3) is 5.55. The number of benzene rings is 5. The SMILES string of the molecule is Oc1ccccc1C1OC(c2ccc(C3=NC(=S)N(c4ccccc4)C(c4ccccc4O)O3)cc2)=NC(=S)N1c1ccccc1. The third-order valence-corrected chi connectivity index (χ3v) is 8.15. The quantitative estimate of drug-likeness (QED) is 0.183. The predicted octanol–water partition coefficient (Wildman–Crippen LogP) is 7.63. The highest BCUT2D eigenvalue weighted by molar-refractivity contribution is 7.80. The summed E-state index contributed by atoms with van der Waals surface area (Å²) in [4.78, 5) is 12.8. The van der Waals surface area contributed by atoms with Crippen LogP contribution in [0.5, 0.6) is 11.5 Å². The van der Waals surface area contributed by atoms with Gasteiger partial charge in [0.25, 0.3) is 0 Å². The van der Waals surface area contributed by atoms with Crippen molar-refractivity contribution in [1.82, 2.24) is 0 Å². The average molecular weight is 643 g/mol. The molecule has 0 saturated carbocycles. The standard InChI is InChI=1S/C36H26N4O4S2/c41-29-17-9-7-15-27(29)33-39(25-11-3-1-4-12-25)35(45)37-31(43-33)23-19-21-24(22-20-23)32-38-36(46)40(26-13-5-2-6-14-26)34(44-32)28-16-8-10-18-30(28)42/h1-22,33-34,41-42H. The van der Waals surface area contributed by atoms with Crippen molar-refractivity contribution in [2.45, 2.75) is 12.5 Å². The molecule has 46 heavy (non-hydrogen) atoms. The number of aliphatic imine (C=N–C) groups is 2. The molecule has 7 rings (SSSR count). The van der Waals surface area contributed by atoms with Crippen molar-refractivity contribution in [2.75, 3.05) is 9.80 Å². The first-order valence-corrected chi connectivity index (χ1v) is 15.2. The summed E-state index contributed by atoms with van der Waals surface area (Å²) < 4.78 is 12.9. The number of nitrogens with zero attached hydrogens (tertiary/aromatic N) is 4.